The summed E-state index contributed by atoms with van der Waals surface area (Å²) in [6.07, 6.45) is 0.130. The van der Waals surface area contributed by atoms with Gasteiger partial charge in [0.05, 0.1) is 11.1 Å². The fourth-order valence-corrected chi connectivity index (χ4v) is 4.58. The minimum absolute atomic E-state index is 0.108. The first-order valence-electron chi connectivity index (χ1n) is 9.46. The minimum Gasteiger partial charge on any atom is -0.481 e. The molecule has 0 aromatic carbocycles. The number of carboxylic acid groups (broad SMARTS) is 2. The predicted octanol–water partition coefficient (Wildman–Crippen LogP) is 5.13. The van der Waals surface area contributed by atoms with Gasteiger partial charge in [-0.05, 0) is 59.2 Å². The smallest absolute Gasteiger partial charge is 0.407 e. The van der Waals surface area contributed by atoms with Crippen LogP contribution in [0.4, 0.5) is 9.18 Å². The first-order valence-corrected chi connectivity index (χ1v) is 10.3. The average molecular weight is 459 g/mol. The molecule has 0 radical (unpaired) electrons. The van der Waals surface area contributed by atoms with Gasteiger partial charge in [0.25, 0.3) is 0 Å². The van der Waals surface area contributed by atoms with Crippen LogP contribution in [0.5, 0.6) is 0 Å². The lowest BCUT2D eigenvalue weighted by Gasteiger charge is -2.48. The molecule has 156 valence electrons. The number of aromatic nitrogens is 1. The molecule has 28 heavy (non-hydrogen) atoms. The summed E-state index contributed by atoms with van der Waals surface area (Å²) in [6, 6.07) is 2.35. The maximum atomic E-state index is 14.8. The van der Waals surface area contributed by atoms with Gasteiger partial charge in [-0.15, -0.1) is 0 Å². The lowest BCUT2D eigenvalue weighted by molar-refractivity contribution is -0.156. The summed E-state index contributed by atoms with van der Waals surface area (Å²) in [5.74, 6) is -2.23. The molecule has 2 heterocycles. The molecule has 1 fully saturated rings. The summed E-state index contributed by atoms with van der Waals surface area (Å²) in [6.45, 7) is 7.89. The highest BCUT2D eigenvalue weighted by atomic mass is 79.9. The fraction of sp³-hybridized carbons (Fsp3) is 0.650. The van der Waals surface area contributed by atoms with E-state index in [0.29, 0.717) is 17.4 Å². The number of likely N-dealkylation sites (tertiary alicyclic amines) is 1. The third kappa shape index (κ3) is 4.64. The Hall–Kier alpha value is -1.70. The molecule has 8 heteroatoms. The van der Waals surface area contributed by atoms with Crippen molar-refractivity contribution in [2.45, 2.75) is 65.3 Å². The van der Waals surface area contributed by atoms with Crippen LogP contribution in [0.1, 0.15) is 65.0 Å². The van der Waals surface area contributed by atoms with Gasteiger partial charge in [0.15, 0.2) is 0 Å². The van der Waals surface area contributed by atoms with Crippen molar-refractivity contribution in [1.29, 1.82) is 0 Å². The van der Waals surface area contributed by atoms with Crippen molar-refractivity contribution in [3.05, 3.63) is 28.2 Å². The number of nitrogens with zero attached hydrogens (tertiary/aromatic N) is 2. The van der Waals surface area contributed by atoms with Gasteiger partial charge in [-0.1, -0.05) is 27.7 Å². The molecule has 2 rings (SSSR count). The number of amides is 1. The number of piperidine rings is 1. The summed E-state index contributed by atoms with van der Waals surface area (Å²) in [5.41, 5.74) is -1.42. The zero-order valence-electron chi connectivity index (χ0n) is 16.7. The van der Waals surface area contributed by atoms with Crippen molar-refractivity contribution in [2.24, 2.45) is 10.8 Å². The summed E-state index contributed by atoms with van der Waals surface area (Å²) < 4.78 is 15.2. The van der Waals surface area contributed by atoms with E-state index in [1.165, 1.54) is 17.0 Å². The van der Waals surface area contributed by atoms with E-state index >= 15 is 0 Å². The first kappa shape index (κ1) is 22.6. The molecule has 0 spiro atoms. The number of pyridine rings is 1. The molecule has 1 saturated heterocycles. The van der Waals surface area contributed by atoms with Gasteiger partial charge in [0.2, 0.25) is 0 Å². The topological polar surface area (TPSA) is 90.7 Å². The number of carboxylic acids is 1. The molecule has 2 N–H and O–H groups in total. The maximum absolute atomic E-state index is 14.8. The Bertz CT molecular complexity index is 752. The van der Waals surface area contributed by atoms with Crippen LogP contribution < -0.4 is 0 Å². The number of halogens is 2. The van der Waals surface area contributed by atoms with Crippen LogP contribution in [0.2, 0.25) is 0 Å². The summed E-state index contributed by atoms with van der Waals surface area (Å²) in [7, 11) is 0. The van der Waals surface area contributed by atoms with E-state index in [1.54, 1.807) is 0 Å². The molecule has 1 aromatic rings. The first-order chi connectivity index (χ1) is 12.9. The van der Waals surface area contributed by atoms with Crippen LogP contribution in [0.15, 0.2) is 16.7 Å². The third-order valence-electron chi connectivity index (χ3n) is 5.64. The van der Waals surface area contributed by atoms with E-state index in [0.717, 1.165) is 0 Å². The molecular formula is C20H28BrFN2O4. The molecule has 0 aliphatic carbocycles. The zero-order chi connectivity index (χ0) is 21.3. The van der Waals surface area contributed by atoms with Crippen LogP contribution in [0, 0.1) is 16.6 Å². The van der Waals surface area contributed by atoms with Gasteiger partial charge in [0.1, 0.15) is 10.4 Å². The molecule has 6 nitrogen and oxygen atoms in total. The Labute approximate surface area is 173 Å². The minimum atomic E-state index is -1.28. The van der Waals surface area contributed by atoms with Crippen molar-refractivity contribution in [3.8, 4) is 0 Å². The summed E-state index contributed by atoms with van der Waals surface area (Å²) in [5, 5.41) is 19.8. The maximum Gasteiger partial charge on any atom is 0.407 e. The molecular weight excluding hydrogens is 431 g/mol. The number of carbonyl (C=O) groups is 2. The SMILES string of the molecule is CCC1CC(C(=O)O)(C(CC(C)(C)C)c2nc(Br)ccc2F)CCN1C(=O)O. The Morgan fingerprint density at radius 2 is 2.04 bits per heavy atom. The average Bonchev–Trinajstić information content (AvgIpc) is 2.60. The lowest BCUT2D eigenvalue weighted by atomic mass is 9.61. The Morgan fingerprint density at radius 1 is 1.39 bits per heavy atom. The van der Waals surface area contributed by atoms with Gasteiger partial charge in [-0.2, -0.15) is 0 Å². The van der Waals surface area contributed by atoms with Gasteiger partial charge < -0.3 is 15.1 Å². The van der Waals surface area contributed by atoms with E-state index in [9.17, 15) is 24.2 Å². The van der Waals surface area contributed by atoms with Gasteiger partial charge in [-0.3, -0.25) is 4.79 Å². The third-order valence-corrected chi connectivity index (χ3v) is 6.08. The molecule has 3 atom stereocenters. The number of hydrogen-bond acceptors (Lipinski definition) is 3. The number of rotatable bonds is 5. The molecule has 1 aromatic heterocycles. The standard InChI is InChI=1S/C20H28BrFN2O4/c1-5-12-10-20(17(25)26,8-9-24(12)18(27)28)13(11-19(2,3)4)16-14(22)6-7-15(21)23-16/h6-7,12-13H,5,8-11H2,1-4H3,(H,25,26)(H,27,28). The summed E-state index contributed by atoms with van der Waals surface area (Å²) in [4.78, 5) is 29.8. The highest BCUT2D eigenvalue weighted by Gasteiger charge is 2.53. The second-order valence-corrected chi connectivity index (χ2v) is 9.58. The van der Waals surface area contributed by atoms with Gasteiger partial charge in [0, 0.05) is 18.5 Å². The fourth-order valence-electron chi connectivity index (χ4n) is 4.26. The van der Waals surface area contributed by atoms with Crippen molar-refractivity contribution >= 4 is 28.0 Å². The van der Waals surface area contributed by atoms with Crippen LogP contribution in [-0.4, -0.2) is 44.7 Å². The largest absolute Gasteiger partial charge is 0.481 e. The van der Waals surface area contributed by atoms with E-state index < -0.39 is 35.3 Å². The number of aliphatic carboxylic acids is 1. The molecule has 1 amide bonds. The van der Waals surface area contributed by atoms with E-state index in [1.807, 2.05) is 27.7 Å². The van der Waals surface area contributed by atoms with Crippen molar-refractivity contribution < 1.29 is 24.2 Å². The zero-order valence-corrected chi connectivity index (χ0v) is 18.3. The van der Waals surface area contributed by atoms with Crippen LogP contribution in [0.3, 0.4) is 0 Å². The Kier molecular flexibility index (Phi) is 6.74. The van der Waals surface area contributed by atoms with Crippen LogP contribution in [-0.2, 0) is 4.79 Å². The number of hydrogen-bond donors (Lipinski definition) is 2. The van der Waals surface area contributed by atoms with Crippen LogP contribution >= 0.6 is 15.9 Å². The molecule has 1 aliphatic heterocycles. The molecule has 3 unspecified atom stereocenters. The van der Waals surface area contributed by atoms with Gasteiger partial charge in [-0.25, -0.2) is 14.2 Å². The predicted molar refractivity (Wildman–Crippen MR) is 107 cm³/mol. The van der Waals surface area contributed by atoms with E-state index in [2.05, 4.69) is 20.9 Å². The monoisotopic (exact) mass is 458 g/mol. The summed E-state index contributed by atoms with van der Waals surface area (Å²) >= 11 is 3.27. The second-order valence-electron chi connectivity index (χ2n) is 8.77. The quantitative estimate of drug-likeness (QED) is 0.596. The van der Waals surface area contributed by atoms with Crippen LogP contribution in [0.25, 0.3) is 0 Å². The Morgan fingerprint density at radius 3 is 2.54 bits per heavy atom. The Balaban J connectivity index is 2.61. The highest BCUT2D eigenvalue weighted by Crippen LogP contribution is 2.51. The van der Waals surface area contributed by atoms with Crippen molar-refractivity contribution in [1.82, 2.24) is 9.88 Å². The molecule has 1 aliphatic rings. The van der Waals surface area contributed by atoms with E-state index in [-0.39, 0.29) is 30.5 Å². The normalized spacial score (nSPS) is 24.1. The molecule has 0 bridgehead atoms. The molecule has 0 saturated carbocycles. The highest BCUT2D eigenvalue weighted by molar-refractivity contribution is 9.10. The van der Waals surface area contributed by atoms with Crippen molar-refractivity contribution in [2.75, 3.05) is 6.54 Å². The van der Waals surface area contributed by atoms with Gasteiger partial charge >= 0.3 is 12.1 Å². The lowest BCUT2D eigenvalue weighted by Crippen LogP contribution is -2.54. The van der Waals surface area contributed by atoms with Crippen molar-refractivity contribution in [3.63, 3.8) is 0 Å². The second kappa shape index (κ2) is 8.35. The van der Waals surface area contributed by atoms with E-state index in [4.69, 9.17) is 0 Å².